The third kappa shape index (κ3) is 2.44. The molecule has 0 N–H and O–H groups in total. The molecule has 1 aromatic carbocycles. The maximum atomic E-state index is 12.6. The van der Waals surface area contributed by atoms with Crippen LogP contribution in [-0.2, 0) is 20.9 Å². The largest absolute Gasteiger partial charge is 0.420 e. The van der Waals surface area contributed by atoms with Crippen molar-refractivity contribution >= 4 is 28.8 Å². The van der Waals surface area contributed by atoms with E-state index in [1.165, 1.54) is 9.47 Å². The van der Waals surface area contributed by atoms with E-state index in [9.17, 15) is 19.2 Å². The number of aromatic nitrogens is 1. The maximum absolute atomic E-state index is 12.6. The highest BCUT2D eigenvalue weighted by Crippen LogP contribution is 2.37. The Kier molecular flexibility index (Phi) is 3.75. The molecule has 0 radical (unpaired) electrons. The van der Waals surface area contributed by atoms with Crippen LogP contribution in [0.25, 0.3) is 11.1 Å². The van der Waals surface area contributed by atoms with Crippen LogP contribution in [0.3, 0.4) is 0 Å². The van der Waals surface area contributed by atoms with E-state index in [0.717, 1.165) is 0 Å². The van der Waals surface area contributed by atoms with Crippen molar-refractivity contribution in [1.29, 1.82) is 0 Å². The molecule has 3 aliphatic rings. The van der Waals surface area contributed by atoms with Gasteiger partial charge < -0.3 is 9.32 Å². The van der Waals surface area contributed by atoms with Crippen molar-refractivity contribution < 1.29 is 18.8 Å². The second-order valence-electron chi connectivity index (χ2n) is 7.58. The molecule has 2 aliphatic heterocycles. The summed E-state index contributed by atoms with van der Waals surface area (Å²) >= 11 is 0. The van der Waals surface area contributed by atoms with E-state index in [-0.39, 0.29) is 42.1 Å². The molecule has 2 atom stereocenters. The second kappa shape index (κ2) is 6.19. The van der Waals surface area contributed by atoms with Crippen LogP contribution < -0.4 is 5.76 Å². The Balaban J connectivity index is 1.26. The zero-order chi connectivity index (χ0) is 19.4. The second-order valence-corrected chi connectivity index (χ2v) is 7.58. The first kappa shape index (κ1) is 17.0. The number of oxazole rings is 1. The fourth-order valence-electron chi connectivity index (χ4n) is 4.41. The number of rotatable bonds is 3. The van der Waals surface area contributed by atoms with Crippen molar-refractivity contribution in [3.05, 3.63) is 47.0 Å². The van der Waals surface area contributed by atoms with E-state index >= 15 is 0 Å². The number of fused-ring (bicyclic) bond motifs is 2. The molecular formula is C20H19N3O5. The number of imide groups is 1. The first-order valence-corrected chi connectivity index (χ1v) is 9.42. The molecule has 0 saturated carbocycles. The highest BCUT2D eigenvalue weighted by molar-refractivity contribution is 6.06. The summed E-state index contributed by atoms with van der Waals surface area (Å²) in [5.74, 6) is -1.55. The normalized spacial score (nSPS) is 24.7. The van der Waals surface area contributed by atoms with Gasteiger partial charge >= 0.3 is 5.76 Å². The smallest absolute Gasteiger partial charge is 0.408 e. The van der Waals surface area contributed by atoms with Crippen LogP contribution >= 0.6 is 0 Å². The van der Waals surface area contributed by atoms with Crippen molar-refractivity contribution in [3.63, 3.8) is 0 Å². The molecule has 0 bridgehead atoms. The molecule has 3 heterocycles. The summed E-state index contributed by atoms with van der Waals surface area (Å²) in [5.41, 5.74) is 1.01. The number of carbonyl (C=O) groups is 3. The van der Waals surface area contributed by atoms with Crippen molar-refractivity contribution in [2.24, 2.45) is 11.8 Å². The molecule has 0 spiro atoms. The Hall–Kier alpha value is -3.16. The standard InChI is InChI=1S/C20H19N3O5/c24-17(11-22-15-7-3-4-8-16(15)28-20(22)27)21-9-12(10-21)23-18(25)13-5-1-2-6-14(13)19(23)26/h1-4,7-8,12-14H,5-6,9-11H2/t13-,14+. The van der Waals surface area contributed by atoms with Gasteiger partial charge in [-0.2, -0.15) is 0 Å². The highest BCUT2D eigenvalue weighted by Gasteiger charge is 2.52. The number of para-hydroxylation sites is 2. The lowest BCUT2D eigenvalue weighted by Crippen LogP contribution is -2.63. The molecule has 2 fully saturated rings. The van der Waals surface area contributed by atoms with Crippen molar-refractivity contribution in [2.45, 2.75) is 25.4 Å². The zero-order valence-electron chi connectivity index (χ0n) is 15.1. The molecule has 0 unspecified atom stereocenters. The highest BCUT2D eigenvalue weighted by atomic mass is 16.4. The third-order valence-electron chi connectivity index (χ3n) is 5.99. The minimum Gasteiger partial charge on any atom is -0.408 e. The summed E-state index contributed by atoms with van der Waals surface area (Å²) < 4.78 is 6.45. The lowest BCUT2D eigenvalue weighted by molar-refractivity contribution is -0.153. The lowest BCUT2D eigenvalue weighted by atomic mass is 9.85. The Morgan fingerprint density at radius 1 is 1.00 bits per heavy atom. The first-order chi connectivity index (χ1) is 13.5. The number of carbonyl (C=O) groups excluding carboxylic acids is 3. The predicted molar refractivity (Wildman–Crippen MR) is 98.0 cm³/mol. The SMILES string of the molecule is O=C(Cn1c(=O)oc2ccccc21)N1CC(N2C(=O)[C@H]3CC=CC[C@H]3C2=O)C1. The summed E-state index contributed by atoms with van der Waals surface area (Å²) in [4.78, 5) is 52.8. The number of hydrogen-bond acceptors (Lipinski definition) is 5. The van der Waals surface area contributed by atoms with Gasteiger partial charge in [0.1, 0.15) is 6.54 Å². The summed E-state index contributed by atoms with van der Waals surface area (Å²) in [7, 11) is 0. The van der Waals surface area contributed by atoms with Crippen LogP contribution in [0.1, 0.15) is 12.8 Å². The van der Waals surface area contributed by atoms with E-state index in [0.29, 0.717) is 37.0 Å². The van der Waals surface area contributed by atoms with Crippen LogP contribution in [0.4, 0.5) is 0 Å². The van der Waals surface area contributed by atoms with Gasteiger partial charge in [0.15, 0.2) is 5.58 Å². The van der Waals surface area contributed by atoms with Crippen LogP contribution in [0.5, 0.6) is 0 Å². The summed E-state index contributed by atoms with van der Waals surface area (Å²) in [5, 5.41) is 0. The molecule has 8 nitrogen and oxygen atoms in total. The van der Waals surface area contributed by atoms with Gasteiger partial charge in [-0.15, -0.1) is 0 Å². The lowest BCUT2D eigenvalue weighted by Gasteiger charge is -2.43. The van der Waals surface area contributed by atoms with E-state index < -0.39 is 5.76 Å². The number of amides is 3. The summed E-state index contributed by atoms with van der Waals surface area (Å²) in [6.45, 7) is 0.501. The number of hydrogen-bond donors (Lipinski definition) is 0. The molecule has 5 rings (SSSR count). The minimum absolute atomic E-state index is 0.117. The van der Waals surface area contributed by atoms with Crippen molar-refractivity contribution in [3.8, 4) is 0 Å². The van der Waals surface area contributed by atoms with Crippen molar-refractivity contribution in [1.82, 2.24) is 14.4 Å². The monoisotopic (exact) mass is 381 g/mol. The van der Waals surface area contributed by atoms with Gasteiger partial charge in [-0.3, -0.25) is 23.9 Å². The molecule has 1 aromatic heterocycles. The maximum Gasteiger partial charge on any atom is 0.420 e. The van der Waals surface area contributed by atoms with Crippen LogP contribution in [0.15, 0.2) is 45.6 Å². The quantitative estimate of drug-likeness (QED) is 0.578. The average molecular weight is 381 g/mol. The number of likely N-dealkylation sites (tertiary alicyclic amines) is 2. The van der Waals surface area contributed by atoms with E-state index in [2.05, 4.69) is 0 Å². The van der Waals surface area contributed by atoms with E-state index in [1.807, 2.05) is 12.2 Å². The Morgan fingerprint density at radius 3 is 2.32 bits per heavy atom. The Morgan fingerprint density at radius 2 is 1.64 bits per heavy atom. The van der Waals surface area contributed by atoms with Gasteiger partial charge in [-0.1, -0.05) is 24.3 Å². The molecule has 3 amide bonds. The number of allylic oxidation sites excluding steroid dienone is 2. The van der Waals surface area contributed by atoms with Crippen molar-refractivity contribution in [2.75, 3.05) is 13.1 Å². The molecule has 2 aromatic rings. The average Bonchev–Trinajstić information content (AvgIpc) is 3.10. The van der Waals surface area contributed by atoms with Crippen LogP contribution in [-0.4, -0.2) is 51.2 Å². The fourth-order valence-corrected chi connectivity index (χ4v) is 4.41. The number of nitrogens with zero attached hydrogens (tertiary/aromatic N) is 3. The Bertz CT molecular complexity index is 1050. The van der Waals surface area contributed by atoms with Gasteiger partial charge in [0.2, 0.25) is 17.7 Å². The van der Waals surface area contributed by atoms with Gasteiger partial charge in [0.25, 0.3) is 0 Å². The minimum atomic E-state index is -0.576. The van der Waals surface area contributed by atoms with Crippen LogP contribution in [0, 0.1) is 11.8 Å². The predicted octanol–water partition coefficient (Wildman–Crippen LogP) is 0.757. The molecule has 144 valence electrons. The van der Waals surface area contributed by atoms with Gasteiger partial charge in [-0.05, 0) is 25.0 Å². The summed E-state index contributed by atoms with van der Waals surface area (Å²) in [6.07, 6.45) is 5.13. The van der Waals surface area contributed by atoms with Gasteiger partial charge in [0, 0.05) is 13.1 Å². The fraction of sp³-hybridized carbons (Fsp3) is 0.400. The van der Waals surface area contributed by atoms with Gasteiger partial charge in [-0.25, -0.2) is 4.79 Å². The molecule has 8 heteroatoms. The molecule has 2 saturated heterocycles. The molecule has 28 heavy (non-hydrogen) atoms. The van der Waals surface area contributed by atoms with Gasteiger partial charge in [0.05, 0.1) is 23.4 Å². The third-order valence-corrected chi connectivity index (χ3v) is 5.99. The Labute approximate surface area is 160 Å². The van der Waals surface area contributed by atoms with E-state index in [4.69, 9.17) is 4.42 Å². The number of benzene rings is 1. The topological polar surface area (TPSA) is 92.8 Å². The first-order valence-electron chi connectivity index (χ1n) is 9.42. The van der Waals surface area contributed by atoms with Crippen LogP contribution in [0.2, 0.25) is 0 Å². The van der Waals surface area contributed by atoms with E-state index in [1.54, 1.807) is 29.2 Å². The summed E-state index contributed by atoms with van der Waals surface area (Å²) in [6, 6.07) is 6.67. The zero-order valence-corrected chi connectivity index (χ0v) is 15.1. The molecular weight excluding hydrogens is 362 g/mol. The molecule has 1 aliphatic carbocycles.